The molecule has 0 rings (SSSR count). The molecule has 0 atom stereocenters. The van der Waals surface area contributed by atoms with Crippen LogP contribution in [0.15, 0.2) is 0 Å². The van der Waals surface area contributed by atoms with Crippen LogP contribution in [0.1, 0.15) is 0 Å². The average Bonchev–Trinajstić information content (AvgIpc) is 1.25. The van der Waals surface area contributed by atoms with E-state index in [1.807, 2.05) is 0 Å². The van der Waals surface area contributed by atoms with Crippen molar-refractivity contribution in [1.29, 1.82) is 0 Å². The molecule has 0 aliphatic heterocycles. The molecule has 0 heterocycles. The van der Waals surface area contributed by atoms with Gasteiger partial charge in [0.25, 0.3) is 0 Å². The number of nitrogens with zero attached hydrogens (tertiary/aromatic N) is 2. The predicted molar refractivity (Wildman–Crippen MR) is 35.2 cm³/mol. The summed E-state index contributed by atoms with van der Waals surface area (Å²) in [6.07, 6.45) is 0. The molecule has 8 N–H and O–H groups in total. The Bertz CT molecular complexity index is 70.9. The van der Waals surface area contributed by atoms with E-state index in [4.69, 9.17) is 30.6 Å². The second-order valence-electron chi connectivity index (χ2n) is 0.447. The first kappa shape index (κ1) is 53.2. The second-order valence-corrected chi connectivity index (χ2v) is 0.447. The van der Waals surface area contributed by atoms with Crippen molar-refractivity contribution in [3.8, 4) is 0 Å². The van der Waals surface area contributed by atoms with Gasteiger partial charge in [0.1, 0.15) is 0 Å². The van der Waals surface area contributed by atoms with Crippen molar-refractivity contribution in [3.63, 3.8) is 0 Å². The molecular formula is H8N2O10Yb. The SMILES string of the molecule is O.O.O.O.O=[N+]([O-])[O-].O=[N+]([O-])[O-].[Yb+2]. The third-order valence-corrected chi connectivity index (χ3v) is 0. The molecule has 0 saturated heterocycles. The molecule has 0 fully saturated rings. The summed E-state index contributed by atoms with van der Waals surface area (Å²) in [4.78, 5) is 16.5. The van der Waals surface area contributed by atoms with Gasteiger partial charge < -0.3 is 52.5 Å². The number of hydrogen-bond acceptors (Lipinski definition) is 6. The zero-order valence-electron chi connectivity index (χ0n) is 5.61. The Labute approximate surface area is 109 Å². The second kappa shape index (κ2) is 41.0. The number of hydrogen-bond donors (Lipinski definition) is 0. The maximum Gasteiger partial charge on any atom is 2.00 e. The molecule has 13 heavy (non-hydrogen) atoms. The normalized spacial score (nSPS) is 3.69. The van der Waals surface area contributed by atoms with Gasteiger partial charge >= 0.3 is 46.9 Å². The smallest absolute Gasteiger partial charge is 0.412 e. The van der Waals surface area contributed by atoms with Crippen molar-refractivity contribution in [1.82, 2.24) is 0 Å². The molecule has 92 valence electrons. The maximum atomic E-state index is 8.25. The van der Waals surface area contributed by atoms with Crippen LogP contribution in [0, 0.1) is 77.6 Å². The van der Waals surface area contributed by atoms with E-state index in [2.05, 4.69) is 0 Å². The number of rotatable bonds is 0. The van der Waals surface area contributed by atoms with Crippen LogP contribution < -0.4 is 0 Å². The average molecular weight is 369 g/mol. The van der Waals surface area contributed by atoms with Crippen LogP contribution in [0.5, 0.6) is 0 Å². The Kier molecular flexibility index (Phi) is 168. The van der Waals surface area contributed by atoms with Crippen molar-refractivity contribution in [2.45, 2.75) is 0 Å². The van der Waals surface area contributed by atoms with Crippen LogP contribution in [0.4, 0.5) is 0 Å². The molecule has 13 heteroatoms. The Balaban J connectivity index is -0.00000000800. The van der Waals surface area contributed by atoms with Crippen molar-refractivity contribution in [3.05, 3.63) is 30.6 Å². The summed E-state index contributed by atoms with van der Waals surface area (Å²) in [6.45, 7) is 0. The van der Waals surface area contributed by atoms with E-state index in [1.165, 1.54) is 0 Å². The van der Waals surface area contributed by atoms with E-state index in [1.54, 1.807) is 0 Å². The van der Waals surface area contributed by atoms with Crippen LogP contribution in [0.25, 0.3) is 0 Å². The summed E-state index contributed by atoms with van der Waals surface area (Å²) in [7, 11) is 0. The van der Waals surface area contributed by atoms with E-state index in [-0.39, 0.29) is 68.8 Å². The topological polar surface area (TPSA) is 258 Å². The molecule has 0 unspecified atom stereocenters. The van der Waals surface area contributed by atoms with Gasteiger partial charge in [-0.3, -0.25) is 0 Å². The van der Waals surface area contributed by atoms with E-state index in [0.717, 1.165) is 0 Å². The summed E-state index contributed by atoms with van der Waals surface area (Å²) in [5, 5.41) is 29.5. The van der Waals surface area contributed by atoms with Gasteiger partial charge in [0.15, 0.2) is 0 Å². The van der Waals surface area contributed by atoms with Gasteiger partial charge in [0, 0.05) is 0 Å². The molecule has 0 radical (unpaired) electrons. The first-order chi connectivity index (χ1) is 3.46. The van der Waals surface area contributed by atoms with E-state index in [9.17, 15) is 0 Å². The molecule has 0 spiro atoms. The largest absolute Gasteiger partial charge is 2.00 e. The van der Waals surface area contributed by atoms with Gasteiger partial charge in [-0.05, 0) is 0 Å². The predicted octanol–water partition coefficient (Wildman–Crippen LogP) is -3.78. The van der Waals surface area contributed by atoms with E-state index >= 15 is 0 Å². The van der Waals surface area contributed by atoms with E-state index < -0.39 is 10.2 Å². The van der Waals surface area contributed by atoms with Crippen LogP contribution in [0.2, 0.25) is 0 Å². The van der Waals surface area contributed by atoms with Gasteiger partial charge in [-0.15, -0.1) is 0 Å². The van der Waals surface area contributed by atoms with Crippen molar-refractivity contribution in [2.24, 2.45) is 0 Å². The van der Waals surface area contributed by atoms with Crippen LogP contribution in [-0.2, 0) is 0 Å². The third-order valence-electron chi connectivity index (χ3n) is 0. The van der Waals surface area contributed by atoms with Gasteiger partial charge in [-0.25, -0.2) is 0 Å². The molecule has 0 aromatic carbocycles. The zero-order chi connectivity index (χ0) is 7.15. The zero-order valence-corrected chi connectivity index (χ0v) is 7.33. The third kappa shape index (κ3) is 19400. The molecule has 0 amide bonds. The monoisotopic (exact) mass is 370 g/mol. The Hall–Kier alpha value is -0.241. The fourth-order valence-corrected chi connectivity index (χ4v) is 0. The molecular weight excluding hydrogens is 361 g/mol. The Morgan fingerprint density at radius 2 is 0.615 bits per heavy atom. The fraction of sp³-hybridized carbons (Fsp3) is 0. The summed E-state index contributed by atoms with van der Waals surface area (Å²) in [5.74, 6) is 0. The molecule has 12 nitrogen and oxygen atoms in total. The minimum atomic E-state index is -1.75. The van der Waals surface area contributed by atoms with Gasteiger partial charge in [0.05, 0.1) is 10.2 Å². The van der Waals surface area contributed by atoms with Crippen molar-refractivity contribution in [2.75, 3.05) is 0 Å². The summed E-state index contributed by atoms with van der Waals surface area (Å²) < 4.78 is 0. The van der Waals surface area contributed by atoms with Crippen LogP contribution in [-0.4, -0.2) is 32.1 Å². The van der Waals surface area contributed by atoms with Gasteiger partial charge in [0.2, 0.25) is 0 Å². The molecule has 0 aromatic heterocycles. The molecule has 0 bridgehead atoms. The first-order valence-electron chi connectivity index (χ1n) is 1.10. The molecule has 0 aromatic rings. The Morgan fingerprint density at radius 1 is 0.615 bits per heavy atom. The molecule has 0 aliphatic carbocycles. The van der Waals surface area contributed by atoms with Gasteiger partial charge in [-0.2, -0.15) is 0 Å². The molecule has 0 aliphatic rings. The minimum absolute atomic E-state index is 0. The van der Waals surface area contributed by atoms with Crippen LogP contribution in [0.3, 0.4) is 0 Å². The summed E-state index contributed by atoms with van der Waals surface area (Å²) in [6, 6.07) is 0. The van der Waals surface area contributed by atoms with Crippen LogP contribution >= 0.6 is 0 Å². The fourth-order valence-electron chi connectivity index (χ4n) is 0. The summed E-state index contributed by atoms with van der Waals surface area (Å²) >= 11 is 0. The minimum Gasteiger partial charge on any atom is -0.412 e. The van der Waals surface area contributed by atoms with E-state index in [0.29, 0.717) is 0 Å². The molecule has 0 saturated carbocycles. The quantitative estimate of drug-likeness (QED) is 0.305. The standard InChI is InChI=1S/2NO3.4H2O.Yb/c2*2-1(3)4;;;;;/h;;4*1H2;/q2*-1;;;;;+2. The van der Waals surface area contributed by atoms with Crippen molar-refractivity contribution >= 4 is 0 Å². The first-order valence-corrected chi connectivity index (χ1v) is 1.10. The van der Waals surface area contributed by atoms with Crippen molar-refractivity contribution < 1.29 is 79.0 Å². The van der Waals surface area contributed by atoms with Gasteiger partial charge in [-0.1, -0.05) is 0 Å². The summed E-state index contributed by atoms with van der Waals surface area (Å²) in [5.41, 5.74) is 0. The maximum absolute atomic E-state index is 8.25. The Morgan fingerprint density at radius 3 is 0.615 bits per heavy atom.